The Labute approximate surface area is 121 Å². The van der Waals surface area contributed by atoms with E-state index >= 15 is 0 Å². The molecule has 1 fully saturated rings. The van der Waals surface area contributed by atoms with Crippen molar-refractivity contribution >= 4 is 23.6 Å². The Balaban J connectivity index is 1.69. The van der Waals surface area contributed by atoms with Crippen molar-refractivity contribution in [2.45, 2.75) is 43.9 Å². The summed E-state index contributed by atoms with van der Waals surface area (Å²) < 4.78 is 1.75. The van der Waals surface area contributed by atoms with Crippen molar-refractivity contribution in [2.75, 3.05) is 12.3 Å². The average molecular weight is 298 g/mol. The molecule has 0 radical (unpaired) electrons. The summed E-state index contributed by atoms with van der Waals surface area (Å²) in [5.41, 5.74) is 0. The van der Waals surface area contributed by atoms with Gasteiger partial charge in [-0.2, -0.15) is 0 Å². The number of thioether (sulfide) groups is 1. The van der Waals surface area contributed by atoms with E-state index in [0.29, 0.717) is 11.2 Å². The highest BCUT2D eigenvalue weighted by Crippen LogP contribution is 2.36. The van der Waals surface area contributed by atoms with Gasteiger partial charge in [0.2, 0.25) is 17.0 Å². The van der Waals surface area contributed by atoms with E-state index in [9.17, 15) is 9.59 Å². The van der Waals surface area contributed by atoms with E-state index in [1.54, 1.807) is 4.68 Å². The second kappa shape index (κ2) is 6.69. The molecule has 2 rings (SSSR count). The van der Waals surface area contributed by atoms with Gasteiger partial charge in [-0.1, -0.05) is 11.8 Å². The third kappa shape index (κ3) is 4.48. The van der Waals surface area contributed by atoms with Crippen molar-refractivity contribution in [1.29, 1.82) is 0 Å². The number of amides is 2. The van der Waals surface area contributed by atoms with Crippen LogP contribution in [0, 0.1) is 0 Å². The van der Waals surface area contributed by atoms with Crippen molar-refractivity contribution in [2.24, 2.45) is 0 Å². The quantitative estimate of drug-likeness (QED) is 0.673. The smallest absolute Gasteiger partial charge is 0.239 e. The third-order valence-electron chi connectivity index (χ3n) is 2.58. The van der Waals surface area contributed by atoms with Crippen LogP contribution in [0.3, 0.4) is 0 Å². The Hall–Kier alpha value is -1.64. The number of hydrogen-bond donors (Lipinski definition) is 2. The highest BCUT2D eigenvalue weighted by Gasteiger charge is 2.28. The minimum absolute atomic E-state index is 0.00879. The fourth-order valence-corrected chi connectivity index (χ4v) is 2.34. The standard InChI is InChI=1S/C11H18N6O2S/c1-7(2)13-9(18)5-12-10(19)6-20-11-14-15-16-17(11)8-3-4-8/h7-8H,3-6H2,1-2H3,(H,12,19)(H,13,18). The Morgan fingerprint density at radius 1 is 1.40 bits per heavy atom. The molecular formula is C11H18N6O2S. The molecule has 9 heteroatoms. The van der Waals surface area contributed by atoms with Crippen LogP contribution in [0.5, 0.6) is 0 Å². The Morgan fingerprint density at radius 3 is 2.80 bits per heavy atom. The van der Waals surface area contributed by atoms with Gasteiger partial charge in [0.15, 0.2) is 0 Å². The van der Waals surface area contributed by atoms with E-state index in [2.05, 4.69) is 26.2 Å². The summed E-state index contributed by atoms with van der Waals surface area (Å²) in [5, 5.41) is 17.3. The van der Waals surface area contributed by atoms with Crippen LogP contribution in [0.15, 0.2) is 5.16 Å². The molecule has 0 spiro atoms. The summed E-state index contributed by atoms with van der Waals surface area (Å²) >= 11 is 1.28. The van der Waals surface area contributed by atoms with Crippen LogP contribution in [-0.4, -0.2) is 50.4 Å². The van der Waals surface area contributed by atoms with Gasteiger partial charge in [-0.25, -0.2) is 4.68 Å². The molecule has 0 atom stereocenters. The van der Waals surface area contributed by atoms with Crippen LogP contribution in [0.2, 0.25) is 0 Å². The Morgan fingerprint density at radius 2 is 2.15 bits per heavy atom. The first kappa shape index (κ1) is 14.8. The van der Waals surface area contributed by atoms with Gasteiger partial charge in [0.1, 0.15) is 0 Å². The topological polar surface area (TPSA) is 102 Å². The SMILES string of the molecule is CC(C)NC(=O)CNC(=O)CSc1nnnn1C1CC1. The molecule has 0 aliphatic heterocycles. The maximum Gasteiger partial charge on any atom is 0.239 e. The van der Waals surface area contributed by atoms with E-state index < -0.39 is 0 Å². The van der Waals surface area contributed by atoms with Gasteiger partial charge < -0.3 is 10.6 Å². The van der Waals surface area contributed by atoms with Crippen molar-refractivity contribution in [1.82, 2.24) is 30.8 Å². The highest BCUT2D eigenvalue weighted by molar-refractivity contribution is 7.99. The van der Waals surface area contributed by atoms with Gasteiger partial charge in [0, 0.05) is 6.04 Å². The highest BCUT2D eigenvalue weighted by atomic mass is 32.2. The van der Waals surface area contributed by atoms with Gasteiger partial charge in [-0.3, -0.25) is 9.59 Å². The van der Waals surface area contributed by atoms with Crippen molar-refractivity contribution in [3.63, 3.8) is 0 Å². The summed E-state index contributed by atoms with van der Waals surface area (Å²) in [6.07, 6.45) is 2.17. The van der Waals surface area contributed by atoms with E-state index in [4.69, 9.17) is 0 Å². The summed E-state index contributed by atoms with van der Waals surface area (Å²) in [4.78, 5) is 23.0. The largest absolute Gasteiger partial charge is 0.352 e. The predicted molar refractivity (Wildman–Crippen MR) is 73.1 cm³/mol. The molecule has 8 nitrogen and oxygen atoms in total. The summed E-state index contributed by atoms with van der Waals surface area (Å²) in [6, 6.07) is 0.448. The molecule has 20 heavy (non-hydrogen) atoms. The van der Waals surface area contributed by atoms with Crippen LogP contribution < -0.4 is 10.6 Å². The first-order chi connectivity index (χ1) is 9.56. The molecule has 2 N–H and O–H groups in total. The lowest BCUT2D eigenvalue weighted by Gasteiger charge is -2.09. The van der Waals surface area contributed by atoms with E-state index in [1.165, 1.54) is 11.8 Å². The van der Waals surface area contributed by atoms with Crippen LogP contribution in [-0.2, 0) is 9.59 Å². The van der Waals surface area contributed by atoms with Crippen LogP contribution >= 0.6 is 11.8 Å². The lowest BCUT2D eigenvalue weighted by atomic mass is 10.4. The number of rotatable bonds is 7. The number of carbonyl (C=O) groups excluding carboxylic acids is 2. The molecule has 0 aromatic carbocycles. The monoisotopic (exact) mass is 298 g/mol. The normalized spacial score (nSPS) is 14.3. The zero-order valence-electron chi connectivity index (χ0n) is 11.5. The van der Waals surface area contributed by atoms with Crippen LogP contribution in [0.4, 0.5) is 0 Å². The second-order valence-electron chi connectivity index (χ2n) is 4.92. The first-order valence-electron chi connectivity index (χ1n) is 6.53. The first-order valence-corrected chi connectivity index (χ1v) is 7.51. The lowest BCUT2D eigenvalue weighted by molar-refractivity contribution is -0.125. The van der Waals surface area contributed by atoms with E-state index in [1.807, 2.05) is 13.8 Å². The number of hydrogen-bond acceptors (Lipinski definition) is 6. The molecular weight excluding hydrogens is 280 g/mol. The predicted octanol–water partition coefficient (Wildman–Crippen LogP) is -0.259. The fraction of sp³-hybridized carbons (Fsp3) is 0.727. The minimum Gasteiger partial charge on any atom is -0.352 e. The zero-order valence-corrected chi connectivity index (χ0v) is 12.3. The van der Waals surface area contributed by atoms with Crippen molar-refractivity contribution in [3.8, 4) is 0 Å². The minimum atomic E-state index is -0.209. The molecule has 1 aromatic rings. The molecule has 1 saturated carbocycles. The molecule has 1 aliphatic carbocycles. The summed E-state index contributed by atoms with van der Waals surface area (Å²) in [7, 11) is 0. The number of carbonyl (C=O) groups is 2. The lowest BCUT2D eigenvalue weighted by Crippen LogP contribution is -2.40. The van der Waals surface area contributed by atoms with Crippen molar-refractivity contribution in [3.05, 3.63) is 0 Å². The average Bonchev–Trinajstić information content (AvgIpc) is 3.12. The van der Waals surface area contributed by atoms with Crippen molar-refractivity contribution < 1.29 is 9.59 Å². The van der Waals surface area contributed by atoms with Crippen LogP contribution in [0.1, 0.15) is 32.7 Å². The zero-order chi connectivity index (χ0) is 14.5. The van der Waals surface area contributed by atoms with Gasteiger partial charge in [-0.15, -0.1) is 5.10 Å². The number of aromatic nitrogens is 4. The maximum atomic E-state index is 11.6. The molecule has 2 amide bonds. The Kier molecular flexibility index (Phi) is 4.94. The molecule has 0 saturated heterocycles. The number of tetrazole rings is 1. The van der Waals surface area contributed by atoms with Gasteiger partial charge in [-0.05, 0) is 37.1 Å². The number of nitrogens with one attached hydrogen (secondary N) is 2. The van der Waals surface area contributed by atoms with E-state index in [-0.39, 0.29) is 30.2 Å². The molecule has 1 heterocycles. The molecule has 0 bridgehead atoms. The second-order valence-corrected chi connectivity index (χ2v) is 5.87. The van der Waals surface area contributed by atoms with Gasteiger partial charge in [0.25, 0.3) is 0 Å². The maximum absolute atomic E-state index is 11.6. The molecule has 1 aliphatic rings. The molecule has 1 aromatic heterocycles. The van der Waals surface area contributed by atoms with E-state index in [0.717, 1.165) is 12.8 Å². The summed E-state index contributed by atoms with van der Waals surface area (Å²) in [5.74, 6) is -0.206. The van der Waals surface area contributed by atoms with Crippen LogP contribution in [0.25, 0.3) is 0 Å². The molecule has 0 unspecified atom stereocenters. The van der Waals surface area contributed by atoms with Gasteiger partial charge >= 0.3 is 0 Å². The molecule has 110 valence electrons. The van der Waals surface area contributed by atoms with Gasteiger partial charge in [0.05, 0.1) is 18.3 Å². The number of nitrogens with zero attached hydrogens (tertiary/aromatic N) is 4. The Bertz CT molecular complexity index is 485. The fourth-order valence-electron chi connectivity index (χ4n) is 1.56. The summed E-state index contributed by atoms with van der Waals surface area (Å²) in [6.45, 7) is 3.73. The third-order valence-corrected chi connectivity index (χ3v) is 3.52.